The van der Waals surface area contributed by atoms with Crippen molar-refractivity contribution < 1.29 is 9.47 Å². The van der Waals surface area contributed by atoms with Crippen molar-refractivity contribution in [3.8, 4) is 17.6 Å². The van der Waals surface area contributed by atoms with E-state index < -0.39 is 0 Å². The van der Waals surface area contributed by atoms with E-state index in [1.165, 1.54) is 11.1 Å². The fourth-order valence-electron chi connectivity index (χ4n) is 4.83. The molecule has 0 unspecified atom stereocenters. The summed E-state index contributed by atoms with van der Waals surface area (Å²) in [6, 6.07) is 20.5. The van der Waals surface area contributed by atoms with Crippen LogP contribution in [0.3, 0.4) is 0 Å². The van der Waals surface area contributed by atoms with Gasteiger partial charge in [0.1, 0.15) is 12.4 Å². The Kier molecular flexibility index (Phi) is 7.85. The lowest BCUT2D eigenvalue weighted by molar-refractivity contribution is 0.284. The van der Waals surface area contributed by atoms with E-state index in [0.717, 1.165) is 41.3 Å². The highest BCUT2D eigenvalue weighted by molar-refractivity contribution is 9.10. The molecule has 1 aliphatic carbocycles. The first-order valence-electron chi connectivity index (χ1n) is 12.6. The Hall–Kier alpha value is -3.96. The van der Waals surface area contributed by atoms with Crippen LogP contribution in [0.4, 0.5) is 0 Å². The second-order valence-corrected chi connectivity index (χ2v) is 10.1. The number of hydrogen-bond acceptors (Lipinski definition) is 6. The number of benzene rings is 3. The molecule has 5 rings (SSSR count). The molecule has 1 aromatic heterocycles. The molecule has 0 N–H and O–H groups in total. The number of fused-ring (bicyclic) bond motifs is 1. The van der Waals surface area contributed by atoms with E-state index in [0.29, 0.717) is 33.8 Å². The van der Waals surface area contributed by atoms with E-state index in [1.807, 2.05) is 36.4 Å². The Labute approximate surface area is 229 Å². The van der Waals surface area contributed by atoms with Crippen molar-refractivity contribution >= 4 is 33.0 Å². The highest BCUT2D eigenvalue weighted by Crippen LogP contribution is 2.34. The zero-order chi connectivity index (χ0) is 26.5. The highest BCUT2D eigenvalue weighted by atomic mass is 79.9. The molecule has 38 heavy (non-hydrogen) atoms. The van der Waals surface area contributed by atoms with Gasteiger partial charge in [-0.2, -0.15) is 15.0 Å². The van der Waals surface area contributed by atoms with Crippen LogP contribution < -0.4 is 15.0 Å². The Morgan fingerprint density at radius 1 is 1.11 bits per heavy atom. The van der Waals surface area contributed by atoms with Gasteiger partial charge in [-0.3, -0.25) is 4.79 Å². The second-order valence-electron chi connectivity index (χ2n) is 9.27. The summed E-state index contributed by atoms with van der Waals surface area (Å²) in [5.74, 6) is 1.95. The molecule has 0 bridgehead atoms. The van der Waals surface area contributed by atoms with Gasteiger partial charge in [0, 0.05) is 21.5 Å². The maximum absolute atomic E-state index is 13.5. The largest absolute Gasteiger partial charge is 0.493 e. The van der Waals surface area contributed by atoms with Crippen molar-refractivity contribution in [2.24, 2.45) is 5.10 Å². The Bertz CT molecular complexity index is 1600. The number of rotatable bonds is 7. The number of hydrogen-bond donors (Lipinski definition) is 0. The molecule has 0 spiro atoms. The van der Waals surface area contributed by atoms with Crippen LogP contribution in [0.5, 0.6) is 11.5 Å². The number of aromatic nitrogens is 2. The monoisotopic (exact) mass is 570 g/mol. The summed E-state index contributed by atoms with van der Waals surface area (Å²) >= 11 is 3.61. The molecule has 0 saturated heterocycles. The van der Waals surface area contributed by atoms with Crippen molar-refractivity contribution in [3.63, 3.8) is 0 Å². The molecule has 7 nitrogen and oxygen atoms in total. The number of nitrogens with zero attached hydrogens (tertiary/aromatic N) is 4. The van der Waals surface area contributed by atoms with Crippen molar-refractivity contribution in [3.05, 3.63) is 98.0 Å². The summed E-state index contributed by atoms with van der Waals surface area (Å²) in [4.78, 5) is 18.4. The summed E-state index contributed by atoms with van der Waals surface area (Å²) in [6.45, 7) is 0.225. The van der Waals surface area contributed by atoms with Gasteiger partial charge in [-0.15, -0.1) is 0 Å². The molecule has 1 saturated carbocycles. The van der Waals surface area contributed by atoms with Crippen molar-refractivity contribution in [1.29, 1.82) is 5.26 Å². The molecule has 0 aliphatic heterocycles. The van der Waals surface area contributed by atoms with Crippen LogP contribution in [0.1, 0.15) is 60.5 Å². The van der Waals surface area contributed by atoms with Crippen LogP contribution in [-0.4, -0.2) is 23.0 Å². The van der Waals surface area contributed by atoms with E-state index >= 15 is 0 Å². The van der Waals surface area contributed by atoms with Gasteiger partial charge in [0.05, 0.1) is 35.9 Å². The standard InChI is InChI=1S/C30H27BrN4O3/c1-37-27-15-23(25(31)16-28(27)38-19-22-12-6-5-11-21(22)17-32)18-33-35-29(20-9-3-2-4-10-20)34-26-14-8-7-13-24(26)30(35)36/h5-8,11-16,18,20H,2-4,9-10,19H2,1H3. The predicted octanol–water partition coefficient (Wildman–Crippen LogP) is 6.55. The lowest BCUT2D eigenvalue weighted by Gasteiger charge is -2.22. The number of methoxy groups -OCH3 is 1. The van der Waals surface area contributed by atoms with Crippen molar-refractivity contribution in [2.75, 3.05) is 7.11 Å². The maximum Gasteiger partial charge on any atom is 0.282 e. The van der Waals surface area contributed by atoms with Crippen LogP contribution in [0.15, 0.2) is 75.0 Å². The maximum atomic E-state index is 13.5. The number of nitriles is 1. The predicted molar refractivity (Wildman–Crippen MR) is 151 cm³/mol. The summed E-state index contributed by atoms with van der Waals surface area (Å²) in [5.41, 5.74) is 2.61. The minimum Gasteiger partial charge on any atom is -0.493 e. The fraction of sp³-hybridized carbons (Fsp3) is 0.267. The SMILES string of the molecule is COc1cc(C=Nn2c(C3CCCCC3)nc3ccccc3c2=O)c(Br)cc1OCc1ccccc1C#N. The van der Waals surface area contributed by atoms with Gasteiger partial charge in [-0.1, -0.05) is 49.6 Å². The molecule has 1 fully saturated rings. The summed E-state index contributed by atoms with van der Waals surface area (Å²) in [5, 5.41) is 14.5. The number of halogens is 1. The number of para-hydroxylation sites is 1. The van der Waals surface area contributed by atoms with Gasteiger partial charge < -0.3 is 9.47 Å². The fourth-order valence-corrected chi connectivity index (χ4v) is 5.26. The van der Waals surface area contributed by atoms with Gasteiger partial charge in [-0.05, 0) is 59.1 Å². The van der Waals surface area contributed by atoms with E-state index in [1.54, 1.807) is 37.6 Å². The van der Waals surface area contributed by atoms with E-state index in [4.69, 9.17) is 14.5 Å². The first kappa shape index (κ1) is 25.7. The zero-order valence-electron chi connectivity index (χ0n) is 21.1. The molecular formula is C30H27BrN4O3. The Morgan fingerprint density at radius 3 is 2.66 bits per heavy atom. The molecule has 1 aliphatic rings. The lowest BCUT2D eigenvalue weighted by Crippen LogP contribution is -2.25. The third kappa shape index (κ3) is 5.34. The smallest absolute Gasteiger partial charge is 0.282 e. The average Bonchev–Trinajstić information content (AvgIpc) is 2.96. The molecule has 0 amide bonds. The van der Waals surface area contributed by atoms with Gasteiger partial charge in [-0.25, -0.2) is 4.98 Å². The first-order valence-corrected chi connectivity index (χ1v) is 13.4. The molecule has 1 heterocycles. The van der Waals surface area contributed by atoms with Crippen molar-refractivity contribution in [2.45, 2.75) is 44.6 Å². The van der Waals surface area contributed by atoms with Gasteiger partial charge in [0.15, 0.2) is 11.5 Å². The van der Waals surface area contributed by atoms with Gasteiger partial charge in [0.25, 0.3) is 5.56 Å². The highest BCUT2D eigenvalue weighted by Gasteiger charge is 2.22. The minimum atomic E-state index is -0.174. The quantitative estimate of drug-likeness (QED) is 0.235. The normalized spacial score (nSPS) is 14.0. The van der Waals surface area contributed by atoms with Crippen LogP contribution in [0.25, 0.3) is 10.9 Å². The molecule has 0 atom stereocenters. The molecule has 3 aromatic carbocycles. The summed E-state index contributed by atoms with van der Waals surface area (Å²) in [7, 11) is 1.57. The summed E-state index contributed by atoms with van der Waals surface area (Å²) < 4.78 is 13.8. The molecule has 8 heteroatoms. The van der Waals surface area contributed by atoms with Gasteiger partial charge >= 0.3 is 0 Å². The van der Waals surface area contributed by atoms with E-state index in [-0.39, 0.29) is 18.1 Å². The average molecular weight is 571 g/mol. The van der Waals surface area contributed by atoms with Crippen LogP contribution in [0.2, 0.25) is 0 Å². The Morgan fingerprint density at radius 2 is 1.87 bits per heavy atom. The van der Waals surface area contributed by atoms with Crippen LogP contribution in [0, 0.1) is 11.3 Å². The van der Waals surface area contributed by atoms with Crippen LogP contribution >= 0.6 is 15.9 Å². The minimum absolute atomic E-state index is 0.174. The van der Waals surface area contributed by atoms with Crippen molar-refractivity contribution in [1.82, 2.24) is 9.66 Å². The van der Waals surface area contributed by atoms with E-state index in [9.17, 15) is 10.1 Å². The Balaban J connectivity index is 1.48. The topological polar surface area (TPSA) is 89.5 Å². The first-order chi connectivity index (χ1) is 18.6. The molecule has 4 aromatic rings. The molecule has 192 valence electrons. The molecule has 0 radical (unpaired) electrons. The zero-order valence-corrected chi connectivity index (χ0v) is 22.6. The molecular weight excluding hydrogens is 544 g/mol. The third-order valence-electron chi connectivity index (χ3n) is 6.87. The lowest BCUT2D eigenvalue weighted by atomic mass is 9.88. The van der Waals surface area contributed by atoms with Crippen LogP contribution in [-0.2, 0) is 6.61 Å². The van der Waals surface area contributed by atoms with Gasteiger partial charge in [0.2, 0.25) is 0 Å². The number of ether oxygens (including phenoxy) is 2. The third-order valence-corrected chi connectivity index (χ3v) is 7.55. The van der Waals surface area contributed by atoms with E-state index in [2.05, 4.69) is 27.1 Å². The summed E-state index contributed by atoms with van der Waals surface area (Å²) in [6.07, 6.45) is 7.10. The second kappa shape index (κ2) is 11.6.